The Morgan fingerprint density at radius 2 is 2.24 bits per heavy atom. The summed E-state index contributed by atoms with van der Waals surface area (Å²) in [5.74, 6) is 0. The zero-order valence-corrected chi connectivity index (χ0v) is 10.2. The number of fused-ring (bicyclic) bond motifs is 1. The van der Waals surface area contributed by atoms with Crippen LogP contribution in [0.2, 0.25) is 0 Å². The van der Waals surface area contributed by atoms with Crippen LogP contribution in [0.1, 0.15) is 24.3 Å². The predicted octanol–water partition coefficient (Wildman–Crippen LogP) is 2.35. The van der Waals surface area contributed by atoms with Crippen LogP contribution >= 0.6 is 0 Å². The van der Waals surface area contributed by atoms with Crippen molar-refractivity contribution in [2.75, 3.05) is 20.3 Å². The van der Waals surface area contributed by atoms with Gasteiger partial charge in [-0.1, -0.05) is 24.3 Å². The van der Waals surface area contributed by atoms with Gasteiger partial charge in [-0.3, -0.25) is 4.90 Å². The van der Waals surface area contributed by atoms with Gasteiger partial charge in [-0.05, 0) is 18.9 Å². The summed E-state index contributed by atoms with van der Waals surface area (Å²) < 4.78 is 10.5. The maximum absolute atomic E-state index is 11.7. The quantitative estimate of drug-likeness (QED) is 0.789. The Bertz CT molecular complexity index is 405. The Labute approximate surface area is 101 Å². The maximum Gasteiger partial charge on any atom is 0.411 e. The van der Waals surface area contributed by atoms with Crippen LogP contribution in [0.15, 0.2) is 24.3 Å². The molecule has 0 spiro atoms. The predicted molar refractivity (Wildman–Crippen MR) is 63.6 cm³/mol. The molecule has 1 aromatic carbocycles. The monoisotopic (exact) mass is 235 g/mol. The van der Waals surface area contributed by atoms with Crippen LogP contribution < -0.4 is 0 Å². The fourth-order valence-corrected chi connectivity index (χ4v) is 2.17. The van der Waals surface area contributed by atoms with Gasteiger partial charge in [0.05, 0.1) is 7.11 Å². The standard InChI is InChI=1S/C13H17NO3/c1-3-17-12-11-7-5-4-6-10(11)8-9-14(12)13(15)16-2/h4-7,12H,3,8-9H2,1-2H3. The third-order valence-electron chi connectivity index (χ3n) is 2.96. The molecule has 0 aromatic heterocycles. The summed E-state index contributed by atoms with van der Waals surface area (Å²) in [6, 6.07) is 8.06. The van der Waals surface area contributed by atoms with Crippen molar-refractivity contribution in [2.45, 2.75) is 19.6 Å². The highest BCUT2D eigenvalue weighted by Gasteiger charge is 2.31. The molecule has 0 fully saturated rings. The van der Waals surface area contributed by atoms with Crippen molar-refractivity contribution in [3.05, 3.63) is 35.4 Å². The van der Waals surface area contributed by atoms with Crippen LogP contribution in [0.4, 0.5) is 4.79 Å². The van der Waals surface area contributed by atoms with E-state index < -0.39 is 0 Å². The molecule has 4 heteroatoms. The van der Waals surface area contributed by atoms with Gasteiger partial charge in [0.15, 0.2) is 6.23 Å². The molecule has 0 radical (unpaired) electrons. The van der Waals surface area contributed by atoms with E-state index in [2.05, 4.69) is 6.07 Å². The molecule has 1 aliphatic heterocycles. The van der Waals surface area contributed by atoms with Crippen LogP contribution in [-0.2, 0) is 15.9 Å². The lowest BCUT2D eigenvalue weighted by molar-refractivity contribution is -0.0539. The Morgan fingerprint density at radius 3 is 2.94 bits per heavy atom. The Morgan fingerprint density at radius 1 is 1.47 bits per heavy atom. The topological polar surface area (TPSA) is 38.8 Å². The molecular weight excluding hydrogens is 218 g/mol. The van der Waals surface area contributed by atoms with E-state index in [0.29, 0.717) is 13.2 Å². The normalized spacial score (nSPS) is 18.7. The van der Waals surface area contributed by atoms with Gasteiger partial charge in [0, 0.05) is 18.7 Å². The molecule has 1 unspecified atom stereocenters. The largest absolute Gasteiger partial charge is 0.453 e. The zero-order valence-electron chi connectivity index (χ0n) is 10.2. The average Bonchev–Trinajstić information content (AvgIpc) is 2.38. The zero-order chi connectivity index (χ0) is 12.3. The lowest BCUT2D eigenvalue weighted by Crippen LogP contribution is -2.41. The number of hydrogen-bond acceptors (Lipinski definition) is 3. The van der Waals surface area contributed by atoms with Gasteiger partial charge in [-0.15, -0.1) is 0 Å². The van der Waals surface area contributed by atoms with Crippen molar-refractivity contribution in [1.29, 1.82) is 0 Å². The van der Waals surface area contributed by atoms with E-state index >= 15 is 0 Å². The first-order valence-electron chi connectivity index (χ1n) is 5.82. The number of benzene rings is 1. The second-order valence-electron chi connectivity index (χ2n) is 3.92. The van der Waals surface area contributed by atoms with Crippen molar-refractivity contribution in [2.24, 2.45) is 0 Å². The molecule has 0 bridgehead atoms. The van der Waals surface area contributed by atoms with Crippen LogP contribution in [0, 0.1) is 0 Å². The van der Waals surface area contributed by atoms with Crippen molar-refractivity contribution in [3.8, 4) is 0 Å². The van der Waals surface area contributed by atoms with Gasteiger partial charge in [0.25, 0.3) is 0 Å². The fraction of sp³-hybridized carbons (Fsp3) is 0.462. The van der Waals surface area contributed by atoms with E-state index in [1.165, 1.54) is 12.7 Å². The van der Waals surface area contributed by atoms with Crippen LogP contribution in [0.3, 0.4) is 0 Å². The molecule has 2 rings (SSSR count). The molecule has 0 N–H and O–H groups in total. The number of carbonyl (C=O) groups is 1. The first-order valence-corrected chi connectivity index (χ1v) is 5.82. The lowest BCUT2D eigenvalue weighted by atomic mass is 9.98. The lowest BCUT2D eigenvalue weighted by Gasteiger charge is -2.35. The number of nitrogens with zero attached hydrogens (tertiary/aromatic N) is 1. The van der Waals surface area contributed by atoms with Crippen molar-refractivity contribution in [3.63, 3.8) is 0 Å². The smallest absolute Gasteiger partial charge is 0.411 e. The molecule has 1 aromatic rings. The summed E-state index contributed by atoms with van der Waals surface area (Å²) in [6.07, 6.45) is 0.185. The minimum Gasteiger partial charge on any atom is -0.453 e. The SMILES string of the molecule is CCOC1c2ccccc2CCN1C(=O)OC. The van der Waals surface area contributed by atoms with Gasteiger partial charge >= 0.3 is 6.09 Å². The molecule has 1 amide bonds. The van der Waals surface area contributed by atoms with E-state index in [4.69, 9.17) is 9.47 Å². The number of methoxy groups -OCH3 is 1. The number of rotatable bonds is 2. The van der Waals surface area contributed by atoms with Gasteiger partial charge in [0.2, 0.25) is 0 Å². The number of carbonyl (C=O) groups excluding carboxylic acids is 1. The van der Waals surface area contributed by atoms with Gasteiger partial charge < -0.3 is 9.47 Å². The summed E-state index contributed by atoms with van der Waals surface area (Å²) >= 11 is 0. The molecule has 4 nitrogen and oxygen atoms in total. The first-order chi connectivity index (χ1) is 8.27. The van der Waals surface area contributed by atoms with E-state index in [1.807, 2.05) is 25.1 Å². The molecule has 0 saturated carbocycles. The van der Waals surface area contributed by atoms with E-state index in [1.54, 1.807) is 4.90 Å². The number of hydrogen-bond donors (Lipinski definition) is 0. The first kappa shape index (κ1) is 11.9. The fourth-order valence-electron chi connectivity index (χ4n) is 2.17. The van der Waals surface area contributed by atoms with Crippen LogP contribution in [0.25, 0.3) is 0 Å². The molecule has 1 heterocycles. The third-order valence-corrected chi connectivity index (χ3v) is 2.96. The van der Waals surface area contributed by atoms with Crippen LogP contribution in [-0.4, -0.2) is 31.3 Å². The van der Waals surface area contributed by atoms with Gasteiger partial charge in [-0.25, -0.2) is 4.79 Å². The van der Waals surface area contributed by atoms with Crippen molar-refractivity contribution >= 4 is 6.09 Å². The molecule has 1 atom stereocenters. The second kappa shape index (κ2) is 5.19. The average molecular weight is 235 g/mol. The molecule has 1 aliphatic rings. The summed E-state index contributed by atoms with van der Waals surface area (Å²) in [6.45, 7) is 3.12. The van der Waals surface area contributed by atoms with Crippen molar-refractivity contribution in [1.82, 2.24) is 4.90 Å². The number of amides is 1. The van der Waals surface area contributed by atoms with Crippen LogP contribution in [0.5, 0.6) is 0 Å². The van der Waals surface area contributed by atoms with E-state index in [0.717, 1.165) is 12.0 Å². The summed E-state index contributed by atoms with van der Waals surface area (Å²) in [7, 11) is 1.39. The summed E-state index contributed by atoms with van der Waals surface area (Å²) in [5, 5.41) is 0. The van der Waals surface area contributed by atoms with Gasteiger partial charge in [-0.2, -0.15) is 0 Å². The number of ether oxygens (including phenoxy) is 2. The minimum atomic E-state index is -0.335. The Kier molecular flexibility index (Phi) is 3.64. The van der Waals surface area contributed by atoms with E-state index in [-0.39, 0.29) is 12.3 Å². The Balaban J connectivity index is 2.32. The third kappa shape index (κ3) is 2.26. The highest BCUT2D eigenvalue weighted by Crippen LogP contribution is 2.30. The highest BCUT2D eigenvalue weighted by molar-refractivity contribution is 5.68. The minimum absolute atomic E-state index is 0.322. The van der Waals surface area contributed by atoms with Gasteiger partial charge in [0.1, 0.15) is 0 Å². The molecule has 17 heavy (non-hydrogen) atoms. The molecule has 0 saturated heterocycles. The highest BCUT2D eigenvalue weighted by atomic mass is 16.6. The Hall–Kier alpha value is -1.55. The molecule has 0 aliphatic carbocycles. The maximum atomic E-state index is 11.7. The van der Waals surface area contributed by atoms with Crippen molar-refractivity contribution < 1.29 is 14.3 Å². The summed E-state index contributed by atoms with van der Waals surface area (Å²) in [5.41, 5.74) is 2.30. The summed E-state index contributed by atoms with van der Waals surface area (Å²) in [4.78, 5) is 13.3. The molecular formula is C13H17NO3. The molecule has 92 valence electrons. The second-order valence-corrected chi connectivity index (χ2v) is 3.92. The van der Waals surface area contributed by atoms with E-state index in [9.17, 15) is 4.79 Å².